The number of phenolic OH excluding ortho intramolecular Hbond substituents is 1. The molecule has 0 saturated heterocycles. The van der Waals surface area contributed by atoms with Crippen molar-refractivity contribution in [1.29, 1.82) is 0 Å². The third-order valence-electron chi connectivity index (χ3n) is 4.37. The number of rotatable bonds is 8. The molecule has 9 nitrogen and oxygen atoms in total. The normalized spacial score (nSPS) is 11.3. The summed E-state index contributed by atoms with van der Waals surface area (Å²) in [7, 11) is 1.18. The lowest BCUT2D eigenvalue weighted by molar-refractivity contribution is -0.158. The van der Waals surface area contributed by atoms with Gasteiger partial charge in [-0.05, 0) is 120 Å². The standard InChI is InChI=1S/C20H19I4N3O6.BrH/c1-32-20(31)15(27(16(28)7-25)17(29)8-26)4-9-2-13(23)19(14(24)3-9)33-10-5-11(21)18(30)12(22)6-10;/h2-3,5-6,15,30H,4,7-8,25-26H2,1H3;1H/t15-;/m0./s1. The molecule has 2 aromatic rings. The largest absolute Gasteiger partial charge is 0.506 e. The highest BCUT2D eigenvalue weighted by molar-refractivity contribution is 14.1. The van der Waals surface area contributed by atoms with Gasteiger partial charge >= 0.3 is 5.97 Å². The van der Waals surface area contributed by atoms with Crippen LogP contribution >= 0.6 is 107 Å². The Balaban J connectivity index is 0.00000578. The monoisotopic (exact) mass is 985 g/mol. The Labute approximate surface area is 261 Å². The fourth-order valence-electron chi connectivity index (χ4n) is 2.87. The summed E-state index contributed by atoms with van der Waals surface area (Å²) >= 11 is 8.27. The maximum atomic E-state index is 12.5. The minimum Gasteiger partial charge on any atom is -0.506 e. The van der Waals surface area contributed by atoms with Gasteiger partial charge in [0.15, 0.2) is 5.75 Å². The summed E-state index contributed by atoms with van der Waals surface area (Å²) in [5.74, 6) is -0.841. The Morgan fingerprint density at radius 1 is 0.941 bits per heavy atom. The van der Waals surface area contributed by atoms with E-state index in [-0.39, 0.29) is 29.2 Å². The van der Waals surface area contributed by atoms with Crippen molar-refractivity contribution in [3.8, 4) is 17.2 Å². The lowest BCUT2D eigenvalue weighted by Gasteiger charge is -2.28. The molecule has 2 rings (SSSR count). The molecule has 2 aromatic carbocycles. The number of hydrogen-bond acceptors (Lipinski definition) is 8. The zero-order valence-electron chi connectivity index (χ0n) is 17.5. The Morgan fingerprint density at radius 2 is 1.41 bits per heavy atom. The average molecular weight is 986 g/mol. The minimum absolute atomic E-state index is 0. The van der Waals surface area contributed by atoms with Crippen LogP contribution in [0, 0.1) is 14.3 Å². The van der Waals surface area contributed by atoms with Gasteiger partial charge in [-0.2, -0.15) is 0 Å². The zero-order chi connectivity index (χ0) is 24.9. The molecule has 0 aliphatic rings. The van der Waals surface area contributed by atoms with Crippen molar-refractivity contribution in [3.05, 3.63) is 44.1 Å². The third-order valence-corrected chi connectivity index (χ3v) is 7.62. The number of nitrogens with two attached hydrogens (primary N) is 2. The summed E-state index contributed by atoms with van der Waals surface area (Å²) in [6.07, 6.45) is 0.0193. The van der Waals surface area contributed by atoms with Crippen molar-refractivity contribution in [2.45, 2.75) is 12.5 Å². The number of carbonyl (C=O) groups is 3. The Morgan fingerprint density at radius 3 is 1.82 bits per heavy atom. The van der Waals surface area contributed by atoms with E-state index >= 15 is 0 Å². The van der Waals surface area contributed by atoms with Crippen LogP contribution in [0.3, 0.4) is 0 Å². The Bertz CT molecular complexity index is 1030. The smallest absolute Gasteiger partial charge is 0.329 e. The molecule has 0 heterocycles. The molecular weight excluding hydrogens is 966 g/mol. The van der Waals surface area contributed by atoms with Gasteiger partial charge in [0.2, 0.25) is 11.8 Å². The predicted octanol–water partition coefficient (Wildman–Crippen LogP) is 3.54. The number of imide groups is 1. The summed E-state index contributed by atoms with van der Waals surface area (Å²) in [5, 5.41) is 9.97. The highest BCUT2D eigenvalue weighted by Gasteiger charge is 2.34. The second-order valence-electron chi connectivity index (χ2n) is 6.53. The van der Waals surface area contributed by atoms with Crippen LogP contribution in [0.1, 0.15) is 5.56 Å². The number of phenols is 1. The van der Waals surface area contributed by atoms with E-state index < -0.39 is 36.9 Å². The number of nitrogens with zero attached hydrogens (tertiary/aromatic N) is 1. The molecule has 0 aromatic heterocycles. The molecule has 0 bridgehead atoms. The van der Waals surface area contributed by atoms with E-state index in [1.54, 1.807) is 24.3 Å². The molecular formula is C20H20BrI4N3O6. The van der Waals surface area contributed by atoms with Crippen LogP contribution in [-0.4, -0.2) is 54.0 Å². The van der Waals surface area contributed by atoms with Gasteiger partial charge < -0.3 is 26.0 Å². The molecule has 1 atom stereocenters. The molecule has 186 valence electrons. The molecule has 5 N–H and O–H groups in total. The quantitative estimate of drug-likeness (QED) is 0.270. The predicted molar refractivity (Wildman–Crippen MR) is 165 cm³/mol. The number of amides is 2. The van der Waals surface area contributed by atoms with Gasteiger partial charge in [-0.25, -0.2) is 4.79 Å². The summed E-state index contributed by atoms with van der Waals surface area (Å²) in [6, 6.07) is 5.83. The van der Waals surface area contributed by atoms with Gasteiger partial charge in [-0.3, -0.25) is 14.5 Å². The van der Waals surface area contributed by atoms with Crippen LogP contribution in [0.2, 0.25) is 0 Å². The first-order chi connectivity index (χ1) is 15.5. The fourth-order valence-corrected chi connectivity index (χ4v) is 6.70. The lowest BCUT2D eigenvalue weighted by atomic mass is 10.0. The van der Waals surface area contributed by atoms with E-state index in [0.717, 1.165) is 12.0 Å². The van der Waals surface area contributed by atoms with Crippen molar-refractivity contribution >= 4 is 125 Å². The topological polar surface area (TPSA) is 145 Å². The summed E-state index contributed by atoms with van der Waals surface area (Å²) < 4.78 is 13.7. The first-order valence-corrected chi connectivity index (χ1v) is 13.5. The number of methoxy groups -OCH3 is 1. The number of ether oxygens (including phenoxy) is 2. The molecule has 2 amide bonds. The highest BCUT2D eigenvalue weighted by atomic mass is 127. The van der Waals surface area contributed by atoms with Crippen molar-refractivity contribution < 1.29 is 29.0 Å². The number of aromatic hydroxyl groups is 1. The maximum Gasteiger partial charge on any atom is 0.329 e. The van der Waals surface area contributed by atoms with Crippen molar-refractivity contribution in [2.75, 3.05) is 20.2 Å². The average Bonchev–Trinajstić information content (AvgIpc) is 2.78. The molecule has 0 aliphatic heterocycles. The fraction of sp³-hybridized carbons (Fsp3) is 0.250. The summed E-state index contributed by atoms with van der Waals surface area (Å²) in [5.41, 5.74) is 11.6. The van der Waals surface area contributed by atoms with Gasteiger partial charge in [0.1, 0.15) is 17.5 Å². The van der Waals surface area contributed by atoms with Crippen LogP contribution in [0.5, 0.6) is 17.2 Å². The van der Waals surface area contributed by atoms with Crippen molar-refractivity contribution in [1.82, 2.24) is 4.90 Å². The van der Waals surface area contributed by atoms with Gasteiger partial charge in [0.05, 0.1) is 34.5 Å². The molecule has 14 heteroatoms. The van der Waals surface area contributed by atoms with Crippen LogP contribution in [0.4, 0.5) is 0 Å². The second kappa shape index (κ2) is 14.6. The Hall–Kier alpha value is -0.0300. The molecule has 0 spiro atoms. The third kappa shape index (κ3) is 7.98. The minimum atomic E-state index is -1.21. The number of benzene rings is 2. The van der Waals surface area contributed by atoms with Gasteiger partial charge in [-0.1, -0.05) is 0 Å². The Kier molecular flexibility index (Phi) is 13.8. The first-order valence-electron chi connectivity index (χ1n) is 9.20. The van der Waals surface area contributed by atoms with E-state index in [1.807, 2.05) is 45.2 Å². The molecule has 34 heavy (non-hydrogen) atoms. The molecule has 0 fully saturated rings. The summed E-state index contributed by atoms with van der Waals surface area (Å²) in [6.45, 7) is -0.906. The van der Waals surface area contributed by atoms with Crippen molar-refractivity contribution in [2.24, 2.45) is 11.5 Å². The lowest BCUT2D eigenvalue weighted by Crippen LogP contribution is -2.54. The number of esters is 1. The molecule has 0 unspecified atom stereocenters. The van der Waals surface area contributed by atoms with E-state index in [4.69, 9.17) is 20.9 Å². The highest BCUT2D eigenvalue weighted by Crippen LogP contribution is 2.37. The molecule has 0 radical (unpaired) electrons. The molecule has 0 saturated carbocycles. The zero-order valence-corrected chi connectivity index (χ0v) is 27.9. The van der Waals surface area contributed by atoms with Crippen LogP contribution in [0.25, 0.3) is 0 Å². The van der Waals surface area contributed by atoms with Crippen LogP contribution in [-0.2, 0) is 25.5 Å². The van der Waals surface area contributed by atoms with Gasteiger partial charge in [-0.15, -0.1) is 17.0 Å². The number of hydrogen-bond donors (Lipinski definition) is 3. The second-order valence-corrected chi connectivity index (χ2v) is 11.2. The summed E-state index contributed by atoms with van der Waals surface area (Å²) in [4.78, 5) is 37.9. The number of halogens is 5. The number of carbonyl (C=O) groups excluding carboxylic acids is 3. The van der Waals surface area contributed by atoms with Crippen LogP contribution in [0.15, 0.2) is 24.3 Å². The first kappa shape index (κ1) is 32.0. The SMILES string of the molecule is Br.COC(=O)[C@H](Cc1cc(I)c(Oc2cc(I)c(O)c(I)c2)c(I)c1)N(C(=O)CN)C(=O)CN. The van der Waals surface area contributed by atoms with E-state index in [0.29, 0.717) is 24.2 Å². The molecule has 0 aliphatic carbocycles. The van der Waals surface area contributed by atoms with Crippen LogP contribution < -0.4 is 16.2 Å². The van der Waals surface area contributed by atoms with E-state index in [9.17, 15) is 19.5 Å². The van der Waals surface area contributed by atoms with Crippen molar-refractivity contribution in [3.63, 3.8) is 0 Å². The van der Waals surface area contributed by atoms with E-state index in [2.05, 4.69) is 45.2 Å². The van der Waals surface area contributed by atoms with E-state index in [1.165, 1.54) is 7.11 Å². The van der Waals surface area contributed by atoms with Gasteiger partial charge in [0.25, 0.3) is 0 Å². The maximum absolute atomic E-state index is 12.5. The van der Waals surface area contributed by atoms with Gasteiger partial charge in [0, 0.05) is 6.42 Å².